The summed E-state index contributed by atoms with van der Waals surface area (Å²) in [5, 5.41) is 13.5. The number of rotatable bonds is 5. The first-order chi connectivity index (χ1) is 13.2. The molecule has 1 amide bonds. The molecule has 8 nitrogen and oxygen atoms in total. The first-order valence-electron chi connectivity index (χ1n) is 8.60. The summed E-state index contributed by atoms with van der Waals surface area (Å²) in [6, 6.07) is 11.5. The maximum absolute atomic E-state index is 12.3. The van der Waals surface area contributed by atoms with Gasteiger partial charge in [-0.1, -0.05) is 11.8 Å². The third kappa shape index (κ3) is 3.88. The second kappa shape index (κ2) is 7.93. The summed E-state index contributed by atoms with van der Waals surface area (Å²) in [6.45, 7) is 2.47. The summed E-state index contributed by atoms with van der Waals surface area (Å²) in [7, 11) is 1.64. The molecule has 1 aliphatic rings. The van der Waals surface area contributed by atoms with Gasteiger partial charge in [0.25, 0.3) is 0 Å². The molecule has 140 valence electrons. The van der Waals surface area contributed by atoms with Crippen molar-refractivity contribution in [3.63, 3.8) is 0 Å². The van der Waals surface area contributed by atoms with E-state index in [0.717, 1.165) is 17.0 Å². The predicted octanol–water partition coefficient (Wildman–Crippen LogP) is 1.75. The third-order valence-electron chi connectivity index (χ3n) is 4.31. The van der Waals surface area contributed by atoms with Crippen LogP contribution in [0.25, 0.3) is 16.9 Å². The van der Waals surface area contributed by atoms with Crippen LogP contribution in [0, 0.1) is 0 Å². The molecule has 0 aliphatic carbocycles. The van der Waals surface area contributed by atoms with Gasteiger partial charge in [0.1, 0.15) is 5.75 Å². The van der Waals surface area contributed by atoms with Gasteiger partial charge in [-0.25, -0.2) is 0 Å². The number of carbonyl (C=O) groups excluding carboxylic acids is 1. The van der Waals surface area contributed by atoms with Crippen molar-refractivity contribution in [3.8, 4) is 17.0 Å². The van der Waals surface area contributed by atoms with Crippen LogP contribution in [0.15, 0.2) is 41.6 Å². The second-order valence-electron chi connectivity index (χ2n) is 5.98. The number of morpholine rings is 1. The molecule has 2 aromatic heterocycles. The van der Waals surface area contributed by atoms with Crippen LogP contribution in [-0.2, 0) is 9.53 Å². The zero-order chi connectivity index (χ0) is 18.6. The molecule has 0 atom stereocenters. The van der Waals surface area contributed by atoms with Gasteiger partial charge < -0.3 is 14.4 Å². The topological polar surface area (TPSA) is 81.9 Å². The number of fused-ring (bicyclic) bond motifs is 1. The third-order valence-corrected chi connectivity index (χ3v) is 5.21. The SMILES string of the molecule is COc1ccc(-c2ccc3nnc(SCC(=O)N4CCOCC4)n3n2)cc1. The molecule has 1 aliphatic heterocycles. The molecule has 0 bridgehead atoms. The molecule has 1 saturated heterocycles. The zero-order valence-electron chi connectivity index (χ0n) is 14.9. The number of thioether (sulfide) groups is 1. The highest BCUT2D eigenvalue weighted by atomic mass is 32.2. The van der Waals surface area contributed by atoms with Gasteiger partial charge in [0.2, 0.25) is 11.1 Å². The first-order valence-corrected chi connectivity index (χ1v) is 9.58. The van der Waals surface area contributed by atoms with Crippen LogP contribution in [0.3, 0.4) is 0 Å². The molecule has 3 heterocycles. The summed E-state index contributed by atoms with van der Waals surface area (Å²) < 4.78 is 12.2. The Bertz CT molecular complexity index is 938. The predicted molar refractivity (Wildman–Crippen MR) is 101 cm³/mol. The van der Waals surface area contributed by atoms with Gasteiger partial charge in [-0.3, -0.25) is 4.79 Å². The van der Waals surface area contributed by atoms with Gasteiger partial charge in [-0.05, 0) is 36.4 Å². The van der Waals surface area contributed by atoms with Gasteiger partial charge >= 0.3 is 0 Å². The summed E-state index contributed by atoms with van der Waals surface area (Å²) in [4.78, 5) is 14.2. The van der Waals surface area contributed by atoms with Crippen LogP contribution in [0.5, 0.6) is 5.75 Å². The highest BCUT2D eigenvalue weighted by Crippen LogP contribution is 2.23. The van der Waals surface area contributed by atoms with Gasteiger partial charge in [0, 0.05) is 18.7 Å². The van der Waals surface area contributed by atoms with Gasteiger partial charge in [0.05, 0.1) is 31.8 Å². The van der Waals surface area contributed by atoms with Crippen molar-refractivity contribution < 1.29 is 14.3 Å². The molecule has 1 aromatic carbocycles. The Balaban J connectivity index is 1.52. The number of methoxy groups -OCH3 is 1. The Hall–Kier alpha value is -2.65. The highest BCUT2D eigenvalue weighted by Gasteiger charge is 2.18. The molecule has 27 heavy (non-hydrogen) atoms. The molecular formula is C18H19N5O3S. The Morgan fingerprint density at radius 3 is 2.67 bits per heavy atom. The number of benzene rings is 1. The van der Waals surface area contributed by atoms with E-state index in [1.807, 2.05) is 41.3 Å². The molecule has 0 saturated carbocycles. The molecule has 0 spiro atoms. The molecule has 9 heteroatoms. The molecule has 4 rings (SSSR count). The van der Waals surface area contributed by atoms with Crippen LogP contribution in [0.2, 0.25) is 0 Å². The van der Waals surface area contributed by atoms with Crippen molar-refractivity contribution in [1.82, 2.24) is 24.7 Å². The lowest BCUT2D eigenvalue weighted by atomic mass is 10.1. The fourth-order valence-corrected chi connectivity index (χ4v) is 3.60. The normalized spacial score (nSPS) is 14.5. The Morgan fingerprint density at radius 1 is 1.15 bits per heavy atom. The molecular weight excluding hydrogens is 366 g/mol. The number of carbonyl (C=O) groups is 1. The van der Waals surface area contributed by atoms with E-state index in [9.17, 15) is 4.79 Å². The van der Waals surface area contributed by atoms with Crippen LogP contribution in [-0.4, -0.2) is 69.8 Å². The van der Waals surface area contributed by atoms with E-state index in [0.29, 0.717) is 42.9 Å². The standard InChI is InChI=1S/C18H19N5O3S/c1-25-14-4-2-13(3-5-14)15-6-7-16-19-20-18(23(16)21-15)27-12-17(24)22-8-10-26-11-9-22/h2-7H,8-12H2,1H3. The molecule has 3 aromatic rings. The van der Waals surface area contributed by atoms with E-state index in [4.69, 9.17) is 9.47 Å². The lowest BCUT2D eigenvalue weighted by molar-refractivity contribution is -0.132. The number of nitrogens with zero attached hydrogens (tertiary/aromatic N) is 5. The van der Waals surface area contributed by atoms with Crippen LogP contribution < -0.4 is 4.74 Å². The minimum Gasteiger partial charge on any atom is -0.497 e. The van der Waals surface area contributed by atoms with Crippen LogP contribution >= 0.6 is 11.8 Å². The monoisotopic (exact) mass is 385 g/mol. The van der Waals surface area contributed by atoms with Crippen LogP contribution in [0.4, 0.5) is 0 Å². The van der Waals surface area contributed by atoms with E-state index in [2.05, 4.69) is 15.3 Å². The first kappa shape index (κ1) is 17.7. The quantitative estimate of drug-likeness (QED) is 0.619. The fraction of sp³-hybridized carbons (Fsp3) is 0.333. The number of amides is 1. The minimum absolute atomic E-state index is 0.0753. The lowest BCUT2D eigenvalue weighted by Crippen LogP contribution is -2.41. The van der Waals surface area contributed by atoms with E-state index in [1.165, 1.54) is 11.8 Å². The fourth-order valence-electron chi connectivity index (χ4n) is 2.81. The Morgan fingerprint density at radius 2 is 1.93 bits per heavy atom. The smallest absolute Gasteiger partial charge is 0.233 e. The zero-order valence-corrected chi connectivity index (χ0v) is 15.7. The second-order valence-corrected chi connectivity index (χ2v) is 6.92. The average molecular weight is 385 g/mol. The molecule has 1 fully saturated rings. The summed E-state index contributed by atoms with van der Waals surface area (Å²) >= 11 is 1.34. The summed E-state index contributed by atoms with van der Waals surface area (Å²) in [6.07, 6.45) is 0. The summed E-state index contributed by atoms with van der Waals surface area (Å²) in [5.74, 6) is 1.17. The minimum atomic E-state index is 0.0753. The van der Waals surface area contributed by atoms with Crippen molar-refractivity contribution in [3.05, 3.63) is 36.4 Å². The van der Waals surface area contributed by atoms with E-state index >= 15 is 0 Å². The Kier molecular flexibility index (Phi) is 5.21. The largest absolute Gasteiger partial charge is 0.497 e. The number of ether oxygens (including phenoxy) is 2. The van der Waals surface area contributed by atoms with Crippen molar-refractivity contribution in [1.29, 1.82) is 0 Å². The molecule has 0 unspecified atom stereocenters. The van der Waals surface area contributed by atoms with Crippen molar-refractivity contribution in [2.45, 2.75) is 5.16 Å². The highest BCUT2D eigenvalue weighted by molar-refractivity contribution is 7.99. The molecule has 0 N–H and O–H groups in total. The van der Waals surface area contributed by atoms with E-state index in [-0.39, 0.29) is 5.91 Å². The molecule has 0 radical (unpaired) electrons. The van der Waals surface area contributed by atoms with Crippen molar-refractivity contribution >= 4 is 23.3 Å². The van der Waals surface area contributed by atoms with E-state index in [1.54, 1.807) is 11.6 Å². The summed E-state index contributed by atoms with van der Waals surface area (Å²) in [5.41, 5.74) is 2.41. The van der Waals surface area contributed by atoms with Crippen molar-refractivity contribution in [2.24, 2.45) is 0 Å². The van der Waals surface area contributed by atoms with Gasteiger partial charge in [-0.15, -0.1) is 10.2 Å². The van der Waals surface area contributed by atoms with Gasteiger partial charge in [0.15, 0.2) is 5.65 Å². The Labute approximate surface area is 160 Å². The maximum Gasteiger partial charge on any atom is 0.233 e. The lowest BCUT2D eigenvalue weighted by Gasteiger charge is -2.26. The average Bonchev–Trinajstić information content (AvgIpc) is 3.15. The van der Waals surface area contributed by atoms with Gasteiger partial charge in [-0.2, -0.15) is 9.61 Å². The number of hydrogen-bond donors (Lipinski definition) is 0. The van der Waals surface area contributed by atoms with Crippen molar-refractivity contribution in [2.75, 3.05) is 39.2 Å². The van der Waals surface area contributed by atoms with E-state index < -0.39 is 0 Å². The number of hydrogen-bond acceptors (Lipinski definition) is 7. The maximum atomic E-state index is 12.3. The van der Waals surface area contributed by atoms with Crippen LogP contribution in [0.1, 0.15) is 0 Å². The number of aromatic nitrogens is 4.